The highest BCUT2D eigenvalue weighted by atomic mass is 79.9. The van der Waals surface area contributed by atoms with E-state index in [1.807, 2.05) is 6.92 Å². The Balaban J connectivity index is 2.00. The zero-order valence-corrected chi connectivity index (χ0v) is 12.9. The summed E-state index contributed by atoms with van der Waals surface area (Å²) < 4.78 is 13.8. The largest absolute Gasteiger partial charge is 0.306 e. The van der Waals surface area contributed by atoms with Gasteiger partial charge in [0.1, 0.15) is 5.82 Å². The molecule has 0 bridgehead atoms. The Bertz CT molecular complexity index is 647. The summed E-state index contributed by atoms with van der Waals surface area (Å²) in [6, 6.07) is 11.0. The minimum Gasteiger partial charge on any atom is -0.306 e. The number of benzene rings is 2. The van der Waals surface area contributed by atoms with Crippen molar-refractivity contribution in [2.45, 2.75) is 19.5 Å². The minimum absolute atomic E-state index is 0.0233. The molecule has 0 radical (unpaired) electrons. The van der Waals surface area contributed by atoms with Crippen molar-refractivity contribution in [2.75, 3.05) is 0 Å². The maximum atomic E-state index is 13.1. The summed E-state index contributed by atoms with van der Waals surface area (Å²) in [5.74, 6) is -0.284. The first-order valence-corrected chi connectivity index (χ1v) is 7.18. The van der Waals surface area contributed by atoms with E-state index in [9.17, 15) is 14.5 Å². The molecule has 0 heterocycles. The molecule has 21 heavy (non-hydrogen) atoms. The van der Waals surface area contributed by atoms with Crippen LogP contribution in [0.25, 0.3) is 0 Å². The number of hydrogen-bond donors (Lipinski definition) is 1. The van der Waals surface area contributed by atoms with Crippen molar-refractivity contribution >= 4 is 21.6 Å². The summed E-state index contributed by atoms with van der Waals surface area (Å²) in [4.78, 5) is 10.2. The number of halogens is 2. The molecule has 0 amide bonds. The van der Waals surface area contributed by atoms with E-state index in [2.05, 4.69) is 21.2 Å². The highest BCUT2D eigenvalue weighted by Crippen LogP contribution is 2.24. The standard InChI is InChI=1S/C15H14BrFN2O2/c1-10(14-7-4-12(17)8-15(14)16)18-9-11-2-5-13(6-3-11)19(20)21/h2-8,10,18H,9H2,1H3. The van der Waals surface area contributed by atoms with E-state index in [0.717, 1.165) is 11.1 Å². The Labute approximate surface area is 130 Å². The van der Waals surface area contributed by atoms with Crippen molar-refractivity contribution in [2.24, 2.45) is 0 Å². The lowest BCUT2D eigenvalue weighted by molar-refractivity contribution is -0.384. The second kappa shape index (κ2) is 6.78. The van der Waals surface area contributed by atoms with Gasteiger partial charge in [-0.05, 0) is 30.2 Å². The summed E-state index contributed by atoms with van der Waals surface area (Å²) >= 11 is 3.34. The van der Waals surface area contributed by atoms with Crippen LogP contribution in [-0.2, 0) is 6.54 Å². The third-order valence-electron chi connectivity index (χ3n) is 3.19. The molecular formula is C15H14BrFN2O2. The van der Waals surface area contributed by atoms with Crippen LogP contribution in [0.5, 0.6) is 0 Å². The number of nitrogens with zero attached hydrogens (tertiary/aromatic N) is 1. The molecule has 0 aromatic heterocycles. The van der Waals surface area contributed by atoms with Crippen LogP contribution in [0.2, 0.25) is 0 Å². The molecule has 6 heteroatoms. The number of nitro benzene ring substituents is 1. The Kier molecular flexibility index (Phi) is 5.03. The van der Waals surface area contributed by atoms with Gasteiger partial charge in [-0.25, -0.2) is 4.39 Å². The Morgan fingerprint density at radius 2 is 1.95 bits per heavy atom. The van der Waals surface area contributed by atoms with E-state index in [1.54, 1.807) is 18.2 Å². The van der Waals surface area contributed by atoms with Crippen molar-refractivity contribution < 1.29 is 9.31 Å². The van der Waals surface area contributed by atoms with Crippen molar-refractivity contribution in [1.29, 1.82) is 0 Å². The molecule has 0 saturated heterocycles. The van der Waals surface area contributed by atoms with Crippen LogP contribution in [0, 0.1) is 15.9 Å². The van der Waals surface area contributed by atoms with Crippen LogP contribution in [0.3, 0.4) is 0 Å². The number of hydrogen-bond acceptors (Lipinski definition) is 3. The summed E-state index contributed by atoms with van der Waals surface area (Å²) in [7, 11) is 0. The van der Waals surface area contributed by atoms with Gasteiger partial charge in [0.15, 0.2) is 0 Å². The lowest BCUT2D eigenvalue weighted by Gasteiger charge is -2.16. The quantitative estimate of drug-likeness (QED) is 0.642. The molecule has 2 aromatic rings. The van der Waals surface area contributed by atoms with Gasteiger partial charge in [0.25, 0.3) is 5.69 Å². The third-order valence-corrected chi connectivity index (χ3v) is 3.88. The highest BCUT2D eigenvalue weighted by Gasteiger charge is 2.10. The molecule has 0 aliphatic carbocycles. The van der Waals surface area contributed by atoms with E-state index in [-0.39, 0.29) is 17.5 Å². The fourth-order valence-corrected chi connectivity index (χ4v) is 2.66. The second-order valence-corrected chi connectivity index (χ2v) is 5.55. The Hall–Kier alpha value is -1.79. The van der Waals surface area contributed by atoms with Crippen molar-refractivity contribution in [3.05, 3.63) is 74.0 Å². The molecular weight excluding hydrogens is 339 g/mol. The zero-order valence-electron chi connectivity index (χ0n) is 11.3. The van der Waals surface area contributed by atoms with Crippen molar-refractivity contribution in [1.82, 2.24) is 5.32 Å². The predicted molar refractivity (Wildman–Crippen MR) is 82.5 cm³/mol. The van der Waals surface area contributed by atoms with Crippen molar-refractivity contribution in [3.63, 3.8) is 0 Å². The molecule has 0 fully saturated rings. The summed E-state index contributed by atoms with van der Waals surface area (Å²) in [5.41, 5.74) is 1.98. The van der Waals surface area contributed by atoms with Gasteiger partial charge in [0, 0.05) is 29.2 Å². The molecule has 4 nitrogen and oxygen atoms in total. The molecule has 0 saturated carbocycles. The van der Waals surface area contributed by atoms with Gasteiger partial charge in [-0.15, -0.1) is 0 Å². The molecule has 0 aliphatic rings. The van der Waals surface area contributed by atoms with E-state index >= 15 is 0 Å². The molecule has 110 valence electrons. The molecule has 2 rings (SSSR count). The van der Waals surface area contributed by atoms with Gasteiger partial charge >= 0.3 is 0 Å². The van der Waals surface area contributed by atoms with Gasteiger partial charge in [0.2, 0.25) is 0 Å². The van der Waals surface area contributed by atoms with Crippen LogP contribution in [0.1, 0.15) is 24.1 Å². The van der Waals surface area contributed by atoms with Crippen LogP contribution in [0.4, 0.5) is 10.1 Å². The molecule has 0 aliphatic heterocycles. The van der Waals surface area contributed by atoms with Crippen LogP contribution in [-0.4, -0.2) is 4.92 Å². The Morgan fingerprint density at radius 3 is 2.52 bits per heavy atom. The minimum atomic E-state index is -0.421. The lowest BCUT2D eigenvalue weighted by atomic mass is 10.1. The maximum absolute atomic E-state index is 13.1. The summed E-state index contributed by atoms with van der Waals surface area (Å²) in [6.07, 6.45) is 0. The van der Waals surface area contributed by atoms with Crippen molar-refractivity contribution in [3.8, 4) is 0 Å². The summed E-state index contributed by atoms with van der Waals surface area (Å²) in [6.45, 7) is 2.55. The van der Waals surface area contributed by atoms with E-state index in [1.165, 1.54) is 24.3 Å². The molecule has 1 atom stereocenters. The van der Waals surface area contributed by atoms with E-state index in [0.29, 0.717) is 11.0 Å². The maximum Gasteiger partial charge on any atom is 0.269 e. The lowest BCUT2D eigenvalue weighted by Crippen LogP contribution is -2.18. The van der Waals surface area contributed by atoms with E-state index in [4.69, 9.17) is 0 Å². The highest BCUT2D eigenvalue weighted by molar-refractivity contribution is 9.10. The molecule has 1 N–H and O–H groups in total. The van der Waals surface area contributed by atoms with Gasteiger partial charge in [0.05, 0.1) is 4.92 Å². The molecule has 2 aromatic carbocycles. The van der Waals surface area contributed by atoms with Crippen LogP contribution in [0.15, 0.2) is 46.9 Å². The molecule has 1 unspecified atom stereocenters. The van der Waals surface area contributed by atoms with Gasteiger partial charge in [-0.2, -0.15) is 0 Å². The fraction of sp³-hybridized carbons (Fsp3) is 0.200. The number of non-ortho nitro benzene ring substituents is 1. The monoisotopic (exact) mass is 352 g/mol. The zero-order chi connectivity index (χ0) is 15.4. The molecule has 0 spiro atoms. The fourth-order valence-electron chi connectivity index (χ4n) is 1.97. The van der Waals surface area contributed by atoms with Crippen LogP contribution < -0.4 is 5.32 Å². The average Bonchev–Trinajstić information content (AvgIpc) is 2.45. The van der Waals surface area contributed by atoms with E-state index < -0.39 is 4.92 Å². The third kappa shape index (κ3) is 4.09. The smallest absolute Gasteiger partial charge is 0.269 e. The number of rotatable bonds is 5. The first kappa shape index (κ1) is 15.6. The summed E-state index contributed by atoms with van der Waals surface area (Å²) in [5, 5.41) is 13.9. The second-order valence-electron chi connectivity index (χ2n) is 4.69. The topological polar surface area (TPSA) is 55.2 Å². The SMILES string of the molecule is CC(NCc1ccc([N+](=O)[O-])cc1)c1ccc(F)cc1Br. The first-order valence-electron chi connectivity index (χ1n) is 6.39. The predicted octanol–water partition coefficient (Wildman–Crippen LogP) is 4.35. The first-order chi connectivity index (χ1) is 9.97. The van der Waals surface area contributed by atoms with Crippen LogP contribution >= 0.6 is 15.9 Å². The van der Waals surface area contributed by atoms with Gasteiger partial charge in [-0.3, -0.25) is 10.1 Å². The average molecular weight is 353 g/mol. The Morgan fingerprint density at radius 1 is 1.29 bits per heavy atom. The van der Waals surface area contributed by atoms with Gasteiger partial charge < -0.3 is 5.32 Å². The normalized spacial score (nSPS) is 12.1. The van der Waals surface area contributed by atoms with Gasteiger partial charge in [-0.1, -0.05) is 34.1 Å². The number of nitrogens with one attached hydrogen (secondary N) is 1. The number of nitro groups is 1.